The van der Waals surface area contributed by atoms with Crippen LogP contribution in [0.3, 0.4) is 0 Å². The third kappa shape index (κ3) is 3.16. The Bertz CT molecular complexity index is 762. The highest BCUT2D eigenvalue weighted by Crippen LogP contribution is 2.35. The lowest BCUT2D eigenvalue weighted by Gasteiger charge is -2.12. The number of aromatic hydroxyl groups is 1. The summed E-state index contributed by atoms with van der Waals surface area (Å²) in [6, 6.07) is 4.82. The van der Waals surface area contributed by atoms with E-state index in [1.165, 1.54) is 0 Å². The summed E-state index contributed by atoms with van der Waals surface area (Å²) in [5.41, 5.74) is 0.637. The molecule has 0 saturated carbocycles. The van der Waals surface area contributed by atoms with Crippen LogP contribution in [0.15, 0.2) is 24.3 Å². The molecule has 0 atom stereocenters. The number of hydrogen-bond acceptors (Lipinski definition) is 2. The number of rotatable bonds is 3. The van der Waals surface area contributed by atoms with Crippen LogP contribution in [-0.4, -0.2) is 11.7 Å². The standard InChI is InChI=1S/C17H14F5NO/c18-12-5-9(6-13(19)16(12)17(20,21)22)1-2-10-7-14-11(3-4-23-14)15(24)8-10/h5-8,23-24H,1-4H2. The van der Waals surface area contributed by atoms with Gasteiger partial charge in [-0.1, -0.05) is 0 Å². The van der Waals surface area contributed by atoms with Crippen molar-refractivity contribution in [2.24, 2.45) is 0 Å². The van der Waals surface area contributed by atoms with Crippen molar-refractivity contribution in [3.05, 3.63) is 58.2 Å². The molecule has 0 aliphatic carbocycles. The summed E-state index contributed by atoms with van der Waals surface area (Å²) in [5.74, 6) is -3.08. The van der Waals surface area contributed by atoms with E-state index in [1.807, 2.05) is 6.07 Å². The fraction of sp³-hybridized carbons (Fsp3) is 0.294. The highest BCUT2D eigenvalue weighted by atomic mass is 19.4. The van der Waals surface area contributed by atoms with Gasteiger partial charge in [-0.2, -0.15) is 13.2 Å². The minimum absolute atomic E-state index is 0.131. The minimum Gasteiger partial charge on any atom is -0.508 e. The predicted octanol–water partition coefficient (Wildman–Crippen LogP) is 4.44. The minimum atomic E-state index is -5.07. The first kappa shape index (κ1) is 16.5. The van der Waals surface area contributed by atoms with Crippen molar-refractivity contribution in [2.75, 3.05) is 11.9 Å². The topological polar surface area (TPSA) is 32.3 Å². The second-order valence-electron chi connectivity index (χ2n) is 5.75. The van der Waals surface area contributed by atoms with Gasteiger partial charge in [0.2, 0.25) is 0 Å². The third-order valence-corrected chi connectivity index (χ3v) is 4.06. The van der Waals surface area contributed by atoms with Crippen LogP contribution in [0.25, 0.3) is 0 Å². The van der Waals surface area contributed by atoms with Gasteiger partial charge in [0.05, 0.1) is 0 Å². The van der Waals surface area contributed by atoms with Gasteiger partial charge in [0.25, 0.3) is 0 Å². The molecule has 0 fully saturated rings. The van der Waals surface area contributed by atoms with Gasteiger partial charge in [-0.15, -0.1) is 0 Å². The Labute approximate surface area is 134 Å². The molecule has 2 aromatic carbocycles. The second-order valence-corrected chi connectivity index (χ2v) is 5.75. The first-order valence-corrected chi connectivity index (χ1v) is 7.39. The van der Waals surface area contributed by atoms with Crippen molar-refractivity contribution in [3.8, 4) is 5.75 Å². The van der Waals surface area contributed by atoms with Gasteiger partial charge >= 0.3 is 6.18 Å². The molecule has 0 unspecified atom stereocenters. The Balaban J connectivity index is 1.79. The fourth-order valence-electron chi connectivity index (χ4n) is 2.93. The van der Waals surface area contributed by atoms with Crippen LogP contribution < -0.4 is 5.32 Å². The van der Waals surface area contributed by atoms with E-state index in [-0.39, 0.29) is 17.7 Å². The van der Waals surface area contributed by atoms with Gasteiger partial charge in [0.1, 0.15) is 22.9 Å². The van der Waals surface area contributed by atoms with E-state index < -0.39 is 23.4 Å². The Hall–Kier alpha value is -2.31. The first-order valence-electron chi connectivity index (χ1n) is 7.39. The van der Waals surface area contributed by atoms with Crippen molar-refractivity contribution in [1.29, 1.82) is 0 Å². The average Bonchev–Trinajstić information content (AvgIpc) is 2.91. The number of benzene rings is 2. The maximum atomic E-state index is 13.6. The number of phenols is 1. The number of fused-ring (bicyclic) bond motifs is 1. The zero-order chi connectivity index (χ0) is 17.5. The molecule has 0 bridgehead atoms. The molecular weight excluding hydrogens is 329 g/mol. The van der Waals surface area contributed by atoms with Crippen molar-refractivity contribution in [3.63, 3.8) is 0 Å². The molecule has 128 valence electrons. The van der Waals surface area contributed by atoms with Crippen molar-refractivity contribution >= 4 is 5.69 Å². The summed E-state index contributed by atoms with van der Waals surface area (Å²) in [6.45, 7) is 0.724. The number of anilines is 1. The average molecular weight is 343 g/mol. The van der Waals surface area contributed by atoms with Gasteiger partial charge in [-0.05, 0) is 54.7 Å². The van der Waals surface area contributed by atoms with Gasteiger partial charge in [-0.25, -0.2) is 8.78 Å². The van der Waals surface area contributed by atoms with Crippen molar-refractivity contribution in [1.82, 2.24) is 0 Å². The number of hydrogen-bond donors (Lipinski definition) is 2. The summed E-state index contributed by atoms with van der Waals surface area (Å²) in [7, 11) is 0. The molecule has 0 saturated heterocycles. The molecule has 1 aliphatic rings. The predicted molar refractivity (Wildman–Crippen MR) is 79.1 cm³/mol. The molecule has 2 aromatic rings. The molecule has 2 nitrogen and oxygen atoms in total. The van der Waals surface area contributed by atoms with Crippen molar-refractivity contribution in [2.45, 2.75) is 25.4 Å². The van der Waals surface area contributed by atoms with E-state index in [1.54, 1.807) is 6.07 Å². The molecule has 1 aliphatic heterocycles. The molecular formula is C17H14F5NO. The normalized spacial score (nSPS) is 13.7. The SMILES string of the molecule is Oc1cc(CCc2cc(F)c(C(F)(F)F)c(F)c2)cc2c1CCN2. The molecule has 7 heteroatoms. The highest BCUT2D eigenvalue weighted by Gasteiger charge is 2.37. The van der Waals surface area contributed by atoms with Crippen LogP contribution in [0.1, 0.15) is 22.3 Å². The molecule has 0 radical (unpaired) electrons. The number of halogens is 5. The fourth-order valence-corrected chi connectivity index (χ4v) is 2.93. The van der Waals surface area contributed by atoms with Crippen LogP contribution in [-0.2, 0) is 25.4 Å². The zero-order valence-corrected chi connectivity index (χ0v) is 12.5. The Morgan fingerprint density at radius 1 is 0.958 bits per heavy atom. The number of phenolic OH excluding ortho intramolecular Hbond substituents is 1. The lowest BCUT2D eigenvalue weighted by molar-refractivity contribution is -0.142. The van der Waals surface area contributed by atoms with Gasteiger partial charge < -0.3 is 10.4 Å². The lowest BCUT2D eigenvalue weighted by atomic mass is 10.00. The van der Waals surface area contributed by atoms with Gasteiger partial charge in [0.15, 0.2) is 0 Å². The zero-order valence-electron chi connectivity index (χ0n) is 12.5. The molecule has 1 heterocycles. The number of nitrogens with one attached hydrogen (secondary N) is 1. The van der Waals surface area contributed by atoms with E-state index in [9.17, 15) is 27.1 Å². The third-order valence-electron chi connectivity index (χ3n) is 4.06. The summed E-state index contributed by atoms with van der Waals surface area (Å²) >= 11 is 0. The molecule has 2 N–H and O–H groups in total. The molecule has 0 aromatic heterocycles. The summed E-state index contributed by atoms with van der Waals surface area (Å²) in [6.07, 6.45) is -3.85. The molecule has 0 spiro atoms. The van der Waals surface area contributed by atoms with Crippen LogP contribution in [0, 0.1) is 11.6 Å². The smallest absolute Gasteiger partial charge is 0.422 e. The first-order chi connectivity index (χ1) is 11.3. The molecule has 0 amide bonds. The van der Waals surface area contributed by atoms with Crippen molar-refractivity contribution < 1.29 is 27.1 Å². The summed E-state index contributed by atoms with van der Waals surface area (Å²) in [5, 5.41) is 13.1. The number of aryl methyl sites for hydroxylation is 2. The molecule has 3 rings (SSSR count). The quantitative estimate of drug-likeness (QED) is 0.808. The Morgan fingerprint density at radius 2 is 1.54 bits per heavy atom. The van der Waals surface area contributed by atoms with E-state index in [0.717, 1.165) is 29.8 Å². The van der Waals surface area contributed by atoms with Crippen LogP contribution in [0.5, 0.6) is 5.75 Å². The number of alkyl halides is 3. The monoisotopic (exact) mass is 343 g/mol. The summed E-state index contributed by atoms with van der Waals surface area (Å²) < 4.78 is 64.8. The molecule has 24 heavy (non-hydrogen) atoms. The van der Waals surface area contributed by atoms with Gasteiger partial charge in [0, 0.05) is 17.8 Å². The Kier molecular flexibility index (Phi) is 4.11. The maximum Gasteiger partial charge on any atom is 0.422 e. The van der Waals surface area contributed by atoms with Crippen LogP contribution >= 0.6 is 0 Å². The maximum absolute atomic E-state index is 13.6. The Morgan fingerprint density at radius 3 is 2.12 bits per heavy atom. The summed E-state index contributed by atoms with van der Waals surface area (Å²) in [4.78, 5) is 0. The van der Waals surface area contributed by atoms with Crippen LogP contribution in [0.2, 0.25) is 0 Å². The van der Waals surface area contributed by atoms with E-state index >= 15 is 0 Å². The lowest BCUT2D eigenvalue weighted by Crippen LogP contribution is -2.12. The highest BCUT2D eigenvalue weighted by molar-refractivity contribution is 5.62. The second kappa shape index (κ2) is 5.96. The van der Waals surface area contributed by atoms with Gasteiger partial charge in [-0.3, -0.25) is 0 Å². The largest absolute Gasteiger partial charge is 0.508 e. The van der Waals surface area contributed by atoms with E-state index in [4.69, 9.17) is 0 Å². The van der Waals surface area contributed by atoms with E-state index in [0.29, 0.717) is 18.6 Å². The van der Waals surface area contributed by atoms with E-state index in [2.05, 4.69) is 5.32 Å². The van der Waals surface area contributed by atoms with Crippen LogP contribution in [0.4, 0.5) is 27.6 Å².